The van der Waals surface area contributed by atoms with E-state index in [1.54, 1.807) is 0 Å². The number of rotatable bonds is 7. The van der Waals surface area contributed by atoms with Crippen molar-refractivity contribution in [1.29, 1.82) is 0 Å². The lowest BCUT2D eigenvalue weighted by molar-refractivity contribution is 0.208. The Hall–Kier alpha value is -0.710. The van der Waals surface area contributed by atoms with Gasteiger partial charge in [0.05, 0.1) is 11.9 Å². The van der Waals surface area contributed by atoms with Crippen molar-refractivity contribution in [3.8, 4) is 5.75 Å². The monoisotopic (exact) mass is 295 g/mol. The number of benzene rings is 1. The van der Waals surface area contributed by atoms with E-state index in [2.05, 4.69) is 0 Å². The fourth-order valence-electron chi connectivity index (χ4n) is 2.80. The molecule has 0 spiro atoms. The van der Waals surface area contributed by atoms with E-state index in [9.17, 15) is 4.55 Å². The van der Waals surface area contributed by atoms with E-state index < -0.39 is 0 Å². The molecule has 0 saturated heterocycles. The molecule has 0 aliphatic heterocycles. The third-order valence-electron chi connectivity index (χ3n) is 4.00. The second-order valence-corrected chi connectivity index (χ2v) is 6.34. The SMILES string of the molecule is NCCC(SO)c1cccc(OCC2CCCCC2)c1. The van der Waals surface area contributed by atoms with Crippen LogP contribution in [-0.4, -0.2) is 17.7 Å². The summed E-state index contributed by atoms with van der Waals surface area (Å²) in [6, 6.07) is 8.04. The molecular weight excluding hydrogens is 270 g/mol. The van der Waals surface area contributed by atoms with Gasteiger partial charge in [0.2, 0.25) is 0 Å². The van der Waals surface area contributed by atoms with Crippen LogP contribution in [0.5, 0.6) is 5.75 Å². The molecule has 1 aromatic rings. The molecular formula is C16H25NO2S. The van der Waals surface area contributed by atoms with Crippen molar-refractivity contribution in [2.75, 3.05) is 13.2 Å². The number of ether oxygens (including phenoxy) is 1. The van der Waals surface area contributed by atoms with Crippen LogP contribution < -0.4 is 10.5 Å². The predicted molar refractivity (Wildman–Crippen MR) is 85.1 cm³/mol. The first-order valence-corrected chi connectivity index (χ1v) is 8.40. The van der Waals surface area contributed by atoms with Crippen molar-refractivity contribution in [3.05, 3.63) is 29.8 Å². The molecule has 1 aliphatic carbocycles. The Bertz CT molecular complexity index is 394. The zero-order chi connectivity index (χ0) is 14.2. The van der Waals surface area contributed by atoms with Gasteiger partial charge in [-0.25, -0.2) is 0 Å². The quantitative estimate of drug-likeness (QED) is 0.739. The standard InChI is InChI=1S/C16H25NO2S/c17-10-9-16(20-18)14-7-4-8-15(11-14)19-12-13-5-2-1-3-6-13/h4,7-8,11,13,16,18H,1-3,5-6,9-10,12,17H2. The summed E-state index contributed by atoms with van der Waals surface area (Å²) in [5, 5.41) is 0.0400. The van der Waals surface area contributed by atoms with Gasteiger partial charge in [-0.1, -0.05) is 31.4 Å². The molecule has 3 N–H and O–H groups in total. The van der Waals surface area contributed by atoms with Gasteiger partial charge in [0.1, 0.15) is 5.75 Å². The molecule has 0 heterocycles. The molecule has 0 amide bonds. The van der Waals surface area contributed by atoms with Crippen LogP contribution in [0, 0.1) is 5.92 Å². The molecule has 1 unspecified atom stereocenters. The van der Waals surface area contributed by atoms with E-state index in [-0.39, 0.29) is 5.25 Å². The summed E-state index contributed by atoms with van der Waals surface area (Å²) in [4.78, 5) is 0. The van der Waals surface area contributed by atoms with Crippen LogP contribution in [0.3, 0.4) is 0 Å². The van der Waals surface area contributed by atoms with Gasteiger partial charge in [-0.3, -0.25) is 0 Å². The first-order chi connectivity index (χ1) is 9.83. The first kappa shape index (κ1) is 15.7. The van der Waals surface area contributed by atoms with Gasteiger partial charge in [-0.15, -0.1) is 0 Å². The van der Waals surface area contributed by atoms with Gasteiger partial charge in [0.25, 0.3) is 0 Å². The molecule has 1 aromatic carbocycles. The fraction of sp³-hybridized carbons (Fsp3) is 0.625. The Labute approximate surface area is 126 Å². The maximum atomic E-state index is 9.36. The van der Waals surface area contributed by atoms with Crippen LogP contribution in [0.4, 0.5) is 0 Å². The summed E-state index contributed by atoms with van der Waals surface area (Å²) in [5.74, 6) is 1.61. The van der Waals surface area contributed by atoms with Crippen molar-refractivity contribution in [2.45, 2.75) is 43.8 Å². The Morgan fingerprint density at radius 1 is 1.30 bits per heavy atom. The van der Waals surface area contributed by atoms with E-state index in [4.69, 9.17) is 10.5 Å². The van der Waals surface area contributed by atoms with Crippen molar-refractivity contribution in [3.63, 3.8) is 0 Å². The Morgan fingerprint density at radius 2 is 2.10 bits per heavy atom. The van der Waals surface area contributed by atoms with E-state index >= 15 is 0 Å². The zero-order valence-corrected chi connectivity index (χ0v) is 12.8. The van der Waals surface area contributed by atoms with Crippen LogP contribution in [-0.2, 0) is 0 Å². The normalized spacial score (nSPS) is 17.9. The molecule has 4 heteroatoms. The number of hydrogen-bond donors (Lipinski definition) is 2. The van der Waals surface area contributed by atoms with Gasteiger partial charge < -0.3 is 15.0 Å². The zero-order valence-electron chi connectivity index (χ0n) is 12.0. The van der Waals surface area contributed by atoms with Gasteiger partial charge in [0.15, 0.2) is 0 Å². The minimum absolute atomic E-state index is 0.0400. The van der Waals surface area contributed by atoms with Gasteiger partial charge in [0, 0.05) is 0 Å². The molecule has 1 saturated carbocycles. The molecule has 112 valence electrons. The molecule has 2 rings (SSSR count). The van der Waals surface area contributed by atoms with Crippen LogP contribution in [0.1, 0.15) is 49.3 Å². The second-order valence-electron chi connectivity index (χ2n) is 5.56. The van der Waals surface area contributed by atoms with Crippen molar-refractivity contribution in [2.24, 2.45) is 11.7 Å². The minimum atomic E-state index is 0.0400. The van der Waals surface area contributed by atoms with Crippen molar-refractivity contribution < 1.29 is 9.29 Å². The lowest BCUT2D eigenvalue weighted by Crippen LogP contribution is -2.15. The van der Waals surface area contributed by atoms with E-state index in [0.29, 0.717) is 12.5 Å². The minimum Gasteiger partial charge on any atom is -0.493 e. The largest absolute Gasteiger partial charge is 0.493 e. The van der Waals surface area contributed by atoms with Crippen molar-refractivity contribution in [1.82, 2.24) is 0 Å². The first-order valence-electron chi connectivity index (χ1n) is 7.56. The molecule has 3 nitrogen and oxygen atoms in total. The Kier molecular flexibility index (Phi) is 6.70. The van der Waals surface area contributed by atoms with E-state index in [1.807, 2.05) is 24.3 Å². The summed E-state index contributed by atoms with van der Waals surface area (Å²) < 4.78 is 15.3. The molecule has 1 aliphatic rings. The smallest absolute Gasteiger partial charge is 0.119 e. The highest BCUT2D eigenvalue weighted by Crippen LogP contribution is 2.31. The topological polar surface area (TPSA) is 55.5 Å². The average molecular weight is 295 g/mol. The van der Waals surface area contributed by atoms with Crippen LogP contribution in [0.2, 0.25) is 0 Å². The highest BCUT2D eigenvalue weighted by atomic mass is 32.2. The number of hydrogen-bond acceptors (Lipinski definition) is 4. The molecule has 0 radical (unpaired) electrons. The van der Waals surface area contributed by atoms with E-state index in [1.165, 1.54) is 32.1 Å². The fourth-order valence-corrected chi connectivity index (χ4v) is 3.31. The Balaban J connectivity index is 1.91. The lowest BCUT2D eigenvalue weighted by atomic mass is 9.90. The van der Waals surface area contributed by atoms with Gasteiger partial charge in [-0.05, 0) is 61.5 Å². The van der Waals surface area contributed by atoms with Gasteiger partial charge >= 0.3 is 0 Å². The summed E-state index contributed by atoms with van der Waals surface area (Å²) in [5.41, 5.74) is 6.67. The summed E-state index contributed by atoms with van der Waals surface area (Å²) in [7, 11) is 0. The molecule has 1 fully saturated rings. The van der Waals surface area contributed by atoms with Crippen LogP contribution in [0.25, 0.3) is 0 Å². The number of nitrogens with two attached hydrogens (primary N) is 1. The van der Waals surface area contributed by atoms with Crippen molar-refractivity contribution >= 4 is 12.0 Å². The maximum Gasteiger partial charge on any atom is 0.119 e. The second kappa shape index (κ2) is 8.55. The van der Waals surface area contributed by atoms with Crippen LogP contribution in [0.15, 0.2) is 24.3 Å². The third-order valence-corrected chi connectivity index (χ3v) is 4.76. The molecule has 0 bridgehead atoms. The summed E-state index contributed by atoms with van der Waals surface area (Å²) in [6.45, 7) is 1.39. The predicted octanol–water partition coefficient (Wildman–Crippen LogP) is 4.24. The molecule has 1 atom stereocenters. The highest BCUT2D eigenvalue weighted by Gasteiger charge is 2.15. The summed E-state index contributed by atoms with van der Waals surface area (Å²) in [6.07, 6.45) is 7.42. The maximum absolute atomic E-state index is 9.36. The van der Waals surface area contributed by atoms with Gasteiger partial charge in [-0.2, -0.15) is 0 Å². The molecule has 20 heavy (non-hydrogen) atoms. The highest BCUT2D eigenvalue weighted by molar-refractivity contribution is 7.94. The van der Waals surface area contributed by atoms with Crippen LogP contribution >= 0.6 is 12.0 Å². The lowest BCUT2D eigenvalue weighted by Gasteiger charge is -2.22. The average Bonchev–Trinajstić information content (AvgIpc) is 2.52. The van der Waals surface area contributed by atoms with E-state index in [0.717, 1.165) is 36.4 Å². The summed E-state index contributed by atoms with van der Waals surface area (Å²) >= 11 is 0.867. The molecule has 0 aromatic heterocycles. The Morgan fingerprint density at radius 3 is 2.80 bits per heavy atom. The third kappa shape index (κ3) is 4.69.